The quantitative estimate of drug-likeness (QED) is 0.589. The SMILES string of the molecule is C[C@@H](NC(=O)CCC(C)(C)N)C(=O)O. The molecule has 0 aromatic rings. The number of carbonyl (C=O) groups is 2. The summed E-state index contributed by atoms with van der Waals surface area (Å²) in [6.07, 6.45) is 0.784. The number of carboxylic acid groups (broad SMARTS) is 1. The third kappa shape index (κ3) is 6.42. The smallest absolute Gasteiger partial charge is 0.325 e. The molecule has 0 saturated heterocycles. The van der Waals surface area contributed by atoms with Gasteiger partial charge < -0.3 is 16.2 Å². The Labute approximate surface area is 83.7 Å². The molecule has 0 heterocycles. The Morgan fingerprint density at radius 1 is 1.50 bits per heavy atom. The Balaban J connectivity index is 3.83. The molecule has 0 aromatic carbocycles. The molecule has 0 bridgehead atoms. The minimum atomic E-state index is -1.04. The van der Waals surface area contributed by atoms with Gasteiger partial charge in [0.05, 0.1) is 0 Å². The predicted molar refractivity (Wildman–Crippen MR) is 52.7 cm³/mol. The van der Waals surface area contributed by atoms with Crippen LogP contribution in [0.4, 0.5) is 0 Å². The summed E-state index contributed by atoms with van der Waals surface area (Å²) in [4.78, 5) is 21.6. The molecule has 0 aliphatic rings. The minimum absolute atomic E-state index is 0.251. The van der Waals surface area contributed by atoms with Crippen LogP contribution in [0.25, 0.3) is 0 Å². The van der Waals surface area contributed by atoms with Crippen molar-refractivity contribution in [2.45, 2.75) is 45.2 Å². The fourth-order valence-electron chi connectivity index (χ4n) is 0.811. The van der Waals surface area contributed by atoms with Crippen molar-refractivity contribution in [1.29, 1.82) is 0 Å². The summed E-state index contributed by atoms with van der Waals surface area (Å²) in [5, 5.41) is 10.9. The average molecular weight is 202 g/mol. The van der Waals surface area contributed by atoms with Gasteiger partial charge in [0.1, 0.15) is 6.04 Å². The van der Waals surface area contributed by atoms with Gasteiger partial charge in [0.15, 0.2) is 0 Å². The Kier molecular flexibility index (Phi) is 4.56. The predicted octanol–water partition coefficient (Wildman–Crippen LogP) is 0.0932. The fourth-order valence-corrected chi connectivity index (χ4v) is 0.811. The molecular weight excluding hydrogens is 184 g/mol. The van der Waals surface area contributed by atoms with E-state index in [1.165, 1.54) is 6.92 Å². The van der Waals surface area contributed by atoms with Crippen LogP contribution in [0.15, 0.2) is 0 Å². The summed E-state index contributed by atoms with van der Waals surface area (Å²) in [6, 6.07) is -0.844. The van der Waals surface area contributed by atoms with Crippen LogP contribution in [0.1, 0.15) is 33.6 Å². The van der Waals surface area contributed by atoms with Crippen molar-refractivity contribution in [2.75, 3.05) is 0 Å². The molecule has 0 fully saturated rings. The summed E-state index contributed by atoms with van der Waals surface area (Å²) < 4.78 is 0. The highest BCUT2D eigenvalue weighted by Crippen LogP contribution is 2.06. The first-order valence-electron chi connectivity index (χ1n) is 4.53. The molecular formula is C9H18N2O3. The van der Waals surface area contributed by atoms with Crippen molar-refractivity contribution < 1.29 is 14.7 Å². The second-order valence-electron chi connectivity index (χ2n) is 4.12. The zero-order chi connectivity index (χ0) is 11.4. The highest BCUT2D eigenvalue weighted by atomic mass is 16.4. The third-order valence-corrected chi connectivity index (χ3v) is 1.74. The summed E-state index contributed by atoms with van der Waals surface area (Å²) >= 11 is 0. The maximum Gasteiger partial charge on any atom is 0.325 e. The summed E-state index contributed by atoms with van der Waals surface area (Å²) in [5.41, 5.74) is 5.28. The van der Waals surface area contributed by atoms with Gasteiger partial charge in [0.2, 0.25) is 5.91 Å². The number of nitrogens with one attached hydrogen (secondary N) is 1. The number of amides is 1. The Morgan fingerprint density at radius 3 is 2.36 bits per heavy atom. The average Bonchev–Trinajstić information content (AvgIpc) is 1.99. The molecule has 4 N–H and O–H groups in total. The van der Waals surface area contributed by atoms with Gasteiger partial charge in [-0.3, -0.25) is 9.59 Å². The highest BCUT2D eigenvalue weighted by molar-refractivity contribution is 5.83. The second-order valence-corrected chi connectivity index (χ2v) is 4.12. The lowest BCUT2D eigenvalue weighted by atomic mass is 10.00. The lowest BCUT2D eigenvalue weighted by Gasteiger charge is -2.18. The molecule has 0 rings (SSSR count). The lowest BCUT2D eigenvalue weighted by molar-refractivity contribution is -0.141. The van der Waals surface area contributed by atoms with Gasteiger partial charge in [-0.15, -0.1) is 0 Å². The van der Waals surface area contributed by atoms with Gasteiger partial charge in [-0.1, -0.05) is 0 Å². The third-order valence-electron chi connectivity index (χ3n) is 1.74. The van der Waals surface area contributed by atoms with Crippen molar-refractivity contribution in [3.05, 3.63) is 0 Å². The number of nitrogens with two attached hydrogens (primary N) is 1. The maximum atomic E-state index is 11.2. The van der Waals surface area contributed by atoms with Crippen molar-refractivity contribution >= 4 is 11.9 Å². The lowest BCUT2D eigenvalue weighted by Crippen LogP contribution is -2.40. The fraction of sp³-hybridized carbons (Fsp3) is 0.778. The Bertz CT molecular complexity index is 221. The van der Waals surface area contributed by atoms with Crippen LogP contribution in [0.3, 0.4) is 0 Å². The molecule has 0 aromatic heterocycles. The van der Waals surface area contributed by atoms with E-state index in [-0.39, 0.29) is 12.3 Å². The Morgan fingerprint density at radius 2 is 2.00 bits per heavy atom. The number of hydrogen-bond donors (Lipinski definition) is 3. The van der Waals surface area contributed by atoms with Crippen LogP contribution in [0, 0.1) is 0 Å². The van der Waals surface area contributed by atoms with E-state index in [1.54, 1.807) is 0 Å². The number of aliphatic carboxylic acids is 1. The molecule has 0 unspecified atom stereocenters. The molecule has 1 amide bonds. The zero-order valence-electron chi connectivity index (χ0n) is 8.83. The normalized spacial score (nSPS) is 13.4. The molecule has 0 radical (unpaired) electrons. The van der Waals surface area contributed by atoms with E-state index in [2.05, 4.69) is 5.32 Å². The van der Waals surface area contributed by atoms with Gasteiger partial charge >= 0.3 is 5.97 Å². The van der Waals surface area contributed by atoms with Crippen molar-refractivity contribution in [1.82, 2.24) is 5.32 Å². The Hall–Kier alpha value is -1.10. The van der Waals surface area contributed by atoms with Crippen LogP contribution in [0.2, 0.25) is 0 Å². The van der Waals surface area contributed by atoms with Gasteiger partial charge in [-0.25, -0.2) is 0 Å². The van der Waals surface area contributed by atoms with Gasteiger partial charge in [-0.2, -0.15) is 0 Å². The first-order chi connectivity index (χ1) is 6.22. The summed E-state index contributed by atoms with van der Waals surface area (Å²) in [7, 11) is 0. The standard InChI is InChI=1S/C9H18N2O3/c1-6(8(13)14)11-7(12)4-5-9(2,3)10/h6H,4-5,10H2,1-3H3,(H,11,12)(H,13,14)/t6-/m1/s1. The van der Waals surface area contributed by atoms with Crippen LogP contribution >= 0.6 is 0 Å². The number of carboxylic acids is 1. The van der Waals surface area contributed by atoms with Crippen molar-refractivity contribution in [3.63, 3.8) is 0 Å². The molecule has 0 aliphatic heterocycles. The topological polar surface area (TPSA) is 92.4 Å². The van der Waals surface area contributed by atoms with Crippen LogP contribution in [-0.2, 0) is 9.59 Å². The van der Waals surface area contributed by atoms with Crippen molar-refractivity contribution in [3.8, 4) is 0 Å². The van der Waals surface area contributed by atoms with E-state index in [0.717, 1.165) is 0 Å². The number of hydrogen-bond acceptors (Lipinski definition) is 3. The molecule has 0 spiro atoms. The zero-order valence-corrected chi connectivity index (χ0v) is 8.83. The number of rotatable bonds is 5. The molecule has 1 atom stereocenters. The van der Waals surface area contributed by atoms with Crippen LogP contribution in [0.5, 0.6) is 0 Å². The van der Waals surface area contributed by atoms with Crippen LogP contribution < -0.4 is 11.1 Å². The van der Waals surface area contributed by atoms with E-state index in [1.807, 2.05) is 13.8 Å². The molecule has 0 saturated carbocycles. The summed E-state index contributed by atoms with van der Waals surface area (Å²) in [6.45, 7) is 5.07. The van der Waals surface area contributed by atoms with Crippen molar-refractivity contribution in [2.24, 2.45) is 5.73 Å². The monoisotopic (exact) mass is 202 g/mol. The largest absolute Gasteiger partial charge is 0.480 e. The molecule has 82 valence electrons. The summed E-state index contributed by atoms with van der Waals surface area (Å²) in [5.74, 6) is -1.32. The molecule has 5 heteroatoms. The second kappa shape index (κ2) is 4.95. The van der Waals surface area contributed by atoms with E-state index in [9.17, 15) is 9.59 Å². The van der Waals surface area contributed by atoms with Gasteiger partial charge in [-0.05, 0) is 27.2 Å². The minimum Gasteiger partial charge on any atom is -0.480 e. The molecule has 14 heavy (non-hydrogen) atoms. The number of carbonyl (C=O) groups excluding carboxylic acids is 1. The molecule has 5 nitrogen and oxygen atoms in total. The van der Waals surface area contributed by atoms with E-state index < -0.39 is 17.6 Å². The van der Waals surface area contributed by atoms with Gasteiger partial charge in [0, 0.05) is 12.0 Å². The van der Waals surface area contributed by atoms with Crippen LogP contribution in [-0.4, -0.2) is 28.6 Å². The maximum absolute atomic E-state index is 11.2. The highest BCUT2D eigenvalue weighted by Gasteiger charge is 2.16. The first-order valence-corrected chi connectivity index (χ1v) is 4.53. The van der Waals surface area contributed by atoms with E-state index in [4.69, 9.17) is 10.8 Å². The van der Waals surface area contributed by atoms with Gasteiger partial charge in [0.25, 0.3) is 0 Å². The van der Waals surface area contributed by atoms with E-state index in [0.29, 0.717) is 6.42 Å². The molecule has 0 aliphatic carbocycles. The first kappa shape index (κ1) is 12.9. The van der Waals surface area contributed by atoms with E-state index >= 15 is 0 Å².